The molecule has 2 atom stereocenters. The molecule has 4 heteroatoms. The molecular weight excluding hydrogens is 314 g/mol. The molecule has 2 aromatic carbocycles. The van der Waals surface area contributed by atoms with Crippen molar-refractivity contribution in [3.8, 4) is 11.8 Å². The average molecular weight is 335 g/mol. The number of carbonyl (C=O) groups is 1. The van der Waals surface area contributed by atoms with Crippen molar-refractivity contribution >= 4 is 5.91 Å². The van der Waals surface area contributed by atoms with Gasteiger partial charge in [0.05, 0.1) is 19.3 Å². The van der Waals surface area contributed by atoms with Crippen LogP contribution in [0.2, 0.25) is 0 Å². The van der Waals surface area contributed by atoms with Crippen LogP contribution >= 0.6 is 0 Å². The molecule has 0 saturated heterocycles. The Morgan fingerprint density at radius 3 is 2.64 bits per heavy atom. The number of ether oxygens (including phenoxy) is 1. The van der Waals surface area contributed by atoms with Gasteiger partial charge in [0, 0.05) is 6.54 Å². The molecule has 1 N–H and O–H groups in total. The molecule has 128 valence electrons. The molecule has 1 aliphatic heterocycles. The number of rotatable bonds is 4. The first-order valence-electron chi connectivity index (χ1n) is 8.32. The average Bonchev–Trinajstić information content (AvgIpc) is 2.66. The van der Waals surface area contributed by atoms with Crippen molar-refractivity contribution in [3.05, 3.63) is 71.3 Å². The van der Waals surface area contributed by atoms with Crippen LogP contribution in [0.15, 0.2) is 54.6 Å². The Bertz CT molecular complexity index is 792. The van der Waals surface area contributed by atoms with Crippen molar-refractivity contribution in [3.63, 3.8) is 0 Å². The minimum atomic E-state index is -0.452. The standard InChI is InChI=1S/C21H21NO3/c1-2-8-20(24)22-13-17-11-6-7-12-18(17)21(19(22)14-23)25-15-16-9-4-3-5-10-16/h3-7,9-12,19,21,23H,13-15H2,1H3/t19-,21+/m0/s1. The van der Waals surface area contributed by atoms with Gasteiger partial charge in [0.25, 0.3) is 5.91 Å². The zero-order valence-corrected chi connectivity index (χ0v) is 14.2. The predicted octanol–water partition coefficient (Wildman–Crippen LogP) is 2.67. The van der Waals surface area contributed by atoms with Gasteiger partial charge < -0.3 is 14.7 Å². The largest absolute Gasteiger partial charge is 0.394 e. The van der Waals surface area contributed by atoms with E-state index in [1.807, 2.05) is 54.6 Å². The molecule has 0 spiro atoms. The fourth-order valence-electron chi connectivity index (χ4n) is 3.18. The van der Waals surface area contributed by atoms with Crippen molar-refractivity contribution in [1.82, 2.24) is 4.90 Å². The summed E-state index contributed by atoms with van der Waals surface area (Å²) in [5.74, 6) is 4.93. The summed E-state index contributed by atoms with van der Waals surface area (Å²) in [6.07, 6.45) is -0.391. The number of hydrogen-bond donors (Lipinski definition) is 1. The number of benzene rings is 2. The van der Waals surface area contributed by atoms with Crippen LogP contribution in [0.3, 0.4) is 0 Å². The molecule has 3 rings (SSSR count). The summed E-state index contributed by atoms with van der Waals surface area (Å²) in [4.78, 5) is 14.0. The summed E-state index contributed by atoms with van der Waals surface area (Å²) in [6.45, 7) is 2.30. The Balaban J connectivity index is 1.91. The normalized spacial score (nSPS) is 18.9. The van der Waals surface area contributed by atoms with Crippen LogP contribution in [0.5, 0.6) is 0 Å². The third-order valence-corrected chi connectivity index (χ3v) is 4.40. The van der Waals surface area contributed by atoms with Gasteiger partial charge in [-0.15, -0.1) is 0 Å². The lowest BCUT2D eigenvalue weighted by molar-refractivity contribution is -0.136. The maximum atomic E-state index is 12.4. The predicted molar refractivity (Wildman–Crippen MR) is 95.3 cm³/mol. The summed E-state index contributed by atoms with van der Waals surface area (Å²) < 4.78 is 6.16. The molecular formula is C21H21NO3. The van der Waals surface area contributed by atoms with E-state index in [4.69, 9.17) is 4.74 Å². The van der Waals surface area contributed by atoms with E-state index < -0.39 is 12.1 Å². The number of aliphatic hydroxyl groups is 1. The molecule has 0 unspecified atom stereocenters. The first kappa shape index (κ1) is 17.2. The summed E-state index contributed by atoms with van der Waals surface area (Å²) in [6, 6.07) is 17.3. The second kappa shape index (κ2) is 7.98. The minimum absolute atomic E-state index is 0.176. The van der Waals surface area contributed by atoms with Crippen LogP contribution in [-0.4, -0.2) is 28.6 Å². The summed E-state index contributed by atoms with van der Waals surface area (Å²) in [5.41, 5.74) is 3.09. The highest BCUT2D eigenvalue weighted by Crippen LogP contribution is 2.34. The zero-order valence-electron chi connectivity index (χ0n) is 14.2. The van der Waals surface area contributed by atoms with Gasteiger partial charge in [-0.3, -0.25) is 4.79 Å². The van der Waals surface area contributed by atoms with Gasteiger partial charge in [-0.05, 0) is 29.5 Å². The molecule has 0 aromatic heterocycles. The lowest BCUT2D eigenvalue weighted by Crippen LogP contribution is -2.49. The van der Waals surface area contributed by atoms with E-state index in [0.717, 1.165) is 16.7 Å². The van der Waals surface area contributed by atoms with E-state index in [1.165, 1.54) is 0 Å². The number of hydrogen-bond acceptors (Lipinski definition) is 3. The molecule has 1 heterocycles. The van der Waals surface area contributed by atoms with Crippen LogP contribution in [0.1, 0.15) is 29.7 Å². The topological polar surface area (TPSA) is 49.8 Å². The molecule has 0 saturated carbocycles. The Hall–Kier alpha value is -2.61. The molecule has 0 radical (unpaired) electrons. The second-order valence-corrected chi connectivity index (χ2v) is 5.97. The van der Waals surface area contributed by atoms with Gasteiger partial charge >= 0.3 is 0 Å². The molecule has 0 aliphatic carbocycles. The molecule has 4 nitrogen and oxygen atoms in total. The number of fused-ring (bicyclic) bond motifs is 1. The van der Waals surface area contributed by atoms with Crippen LogP contribution in [0, 0.1) is 11.8 Å². The van der Waals surface area contributed by atoms with Crippen LogP contribution < -0.4 is 0 Å². The first-order chi connectivity index (χ1) is 12.2. The highest BCUT2D eigenvalue weighted by molar-refractivity contribution is 5.93. The molecule has 1 amide bonds. The van der Waals surface area contributed by atoms with E-state index in [-0.39, 0.29) is 12.5 Å². The quantitative estimate of drug-likeness (QED) is 0.874. The summed E-state index contributed by atoms with van der Waals surface area (Å²) >= 11 is 0. The maximum Gasteiger partial charge on any atom is 0.299 e. The van der Waals surface area contributed by atoms with Gasteiger partial charge in [0.15, 0.2) is 0 Å². The van der Waals surface area contributed by atoms with Crippen LogP contribution in [0.25, 0.3) is 0 Å². The van der Waals surface area contributed by atoms with Gasteiger partial charge in [-0.25, -0.2) is 0 Å². The number of carbonyl (C=O) groups excluding carboxylic acids is 1. The smallest absolute Gasteiger partial charge is 0.299 e. The molecule has 25 heavy (non-hydrogen) atoms. The first-order valence-corrected chi connectivity index (χ1v) is 8.32. The van der Waals surface area contributed by atoms with Crippen LogP contribution in [0.4, 0.5) is 0 Å². The van der Waals surface area contributed by atoms with E-state index in [2.05, 4.69) is 11.8 Å². The molecule has 0 fully saturated rings. The third-order valence-electron chi connectivity index (χ3n) is 4.40. The van der Waals surface area contributed by atoms with E-state index in [0.29, 0.717) is 13.2 Å². The fourth-order valence-corrected chi connectivity index (χ4v) is 3.18. The van der Waals surface area contributed by atoms with E-state index in [9.17, 15) is 9.90 Å². The number of nitrogens with zero attached hydrogens (tertiary/aromatic N) is 1. The highest BCUT2D eigenvalue weighted by atomic mass is 16.5. The van der Waals surface area contributed by atoms with E-state index >= 15 is 0 Å². The minimum Gasteiger partial charge on any atom is -0.394 e. The Morgan fingerprint density at radius 2 is 1.92 bits per heavy atom. The third kappa shape index (κ3) is 3.74. The summed E-state index contributed by atoms with van der Waals surface area (Å²) in [5, 5.41) is 9.95. The Kier molecular flexibility index (Phi) is 5.49. The maximum absolute atomic E-state index is 12.4. The van der Waals surface area contributed by atoms with Crippen molar-refractivity contribution in [2.24, 2.45) is 0 Å². The monoisotopic (exact) mass is 335 g/mol. The summed E-state index contributed by atoms with van der Waals surface area (Å²) in [7, 11) is 0. The number of amides is 1. The zero-order chi connectivity index (χ0) is 17.6. The lowest BCUT2D eigenvalue weighted by Gasteiger charge is -2.40. The van der Waals surface area contributed by atoms with Crippen molar-refractivity contribution in [1.29, 1.82) is 0 Å². The fraction of sp³-hybridized carbons (Fsp3) is 0.286. The Morgan fingerprint density at radius 1 is 1.20 bits per heavy atom. The van der Waals surface area contributed by atoms with Gasteiger partial charge in [0.1, 0.15) is 6.10 Å². The van der Waals surface area contributed by atoms with E-state index in [1.54, 1.807) is 11.8 Å². The van der Waals surface area contributed by atoms with Crippen LogP contribution in [-0.2, 0) is 22.7 Å². The molecule has 1 aliphatic rings. The second-order valence-electron chi connectivity index (χ2n) is 5.97. The SMILES string of the molecule is CC#CC(=O)N1Cc2ccccc2[C@@H](OCc2ccccc2)[C@@H]1CO. The van der Waals surface area contributed by atoms with Gasteiger partial charge in [0.2, 0.25) is 0 Å². The van der Waals surface area contributed by atoms with Crippen molar-refractivity contribution < 1.29 is 14.6 Å². The van der Waals surface area contributed by atoms with Crippen molar-refractivity contribution in [2.45, 2.75) is 32.2 Å². The van der Waals surface area contributed by atoms with Gasteiger partial charge in [-0.1, -0.05) is 60.5 Å². The van der Waals surface area contributed by atoms with Gasteiger partial charge in [-0.2, -0.15) is 0 Å². The highest BCUT2D eigenvalue weighted by Gasteiger charge is 2.37. The molecule has 0 bridgehead atoms. The molecule has 2 aromatic rings. The van der Waals surface area contributed by atoms with Crippen molar-refractivity contribution in [2.75, 3.05) is 6.61 Å². The number of aliphatic hydroxyl groups excluding tert-OH is 1. The Labute approximate surface area is 148 Å². The lowest BCUT2D eigenvalue weighted by atomic mass is 9.91.